The Morgan fingerprint density at radius 2 is 1.70 bits per heavy atom. The second-order valence-electron chi connectivity index (χ2n) is 9.22. The van der Waals surface area contributed by atoms with E-state index in [1.54, 1.807) is 48.5 Å². The summed E-state index contributed by atoms with van der Waals surface area (Å²) in [6.07, 6.45) is 0. The average molecular weight is 554 g/mol. The van der Waals surface area contributed by atoms with Crippen LogP contribution in [0.2, 0.25) is 0 Å². The van der Waals surface area contributed by atoms with Crippen LogP contribution in [-0.2, 0) is 20.9 Å². The van der Waals surface area contributed by atoms with Crippen LogP contribution < -0.4 is 19.7 Å². The average Bonchev–Trinajstić information content (AvgIpc) is 3.72. The van der Waals surface area contributed by atoms with Gasteiger partial charge in [0.25, 0.3) is 17.6 Å². The summed E-state index contributed by atoms with van der Waals surface area (Å²) >= 11 is 1.34. The number of hydrogen-bond acceptors (Lipinski definition) is 7. The van der Waals surface area contributed by atoms with E-state index in [9.17, 15) is 19.2 Å². The van der Waals surface area contributed by atoms with E-state index in [0.717, 1.165) is 5.56 Å². The highest BCUT2D eigenvalue weighted by Gasteiger charge is 2.39. The zero-order valence-electron chi connectivity index (χ0n) is 21.1. The first-order valence-corrected chi connectivity index (χ1v) is 13.4. The first-order chi connectivity index (χ1) is 19.5. The fourth-order valence-corrected chi connectivity index (χ4v) is 5.63. The number of carbonyl (C=O) groups is 4. The zero-order chi connectivity index (χ0) is 27.6. The maximum absolute atomic E-state index is 14.0. The molecule has 0 spiro atoms. The second kappa shape index (κ2) is 10.7. The van der Waals surface area contributed by atoms with Gasteiger partial charge in [-0.3, -0.25) is 24.1 Å². The molecule has 1 atom stereocenters. The van der Waals surface area contributed by atoms with Crippen LogP contribution in [0.4, 0.5) is 11.4 Å². The molecule has 1 aromatic heterocycles. The van der Waals surface area contributed by atoms with Gasteiger partial charge in [0.15, 0.2) is 11.5 Å². The van der Waals surface area contributed by atoms with Gasteiger partial charge < -0.3 is 19.7 Å². The Hall–Kier alpha value is -4.96. The molecule has 6 rings (SSSR count). The molecule has 0 fully saturated rings. The van der Waals surface area contributed by atoms with E-state index in [-0.39, 0.29) is 18.9 Å². The number of carbonyl (C=O) groups excluding carboxylic acids is 4. The molecule has 0 radical (unpaired) electrons. The molecule has 0 saturated heterocycles. The van der Waals surface area contributed by atoms with Crippen molar-refractivity contribution in [3.63, 3.8) is 0 Å². The number of hydrogen-bond donors (Lipinski definition) is 1. The van der Waals surface area contributed by atoms with Crippen LogP contribution in [0.3, 0.4) is 0 Å². The summed E-state index contributed by atoms with van der Waals surface area (Å²) in [6.45, 7) is -0.188. The number of amides is 3. The van der Waals surface area contributed by atoms with Crippen molar-refractivity contribution in [2.45, 2.75) is 12.6 Å². The third kappa shape index (κ3) is 4.80. The molecule has 0 bridgehead atoms. The number of ketones is 1. The minimum Gasteiger partial charge on any atom is -0.454 e. The summed E-state index contributed by atoms with van der Waals surface area (Å²) in [5.41, 5.74) is 1.92. The lowest BCUT2D eigenvalue weighted by Crippen LogP contribution is -2.46. The molecular weight excluding hydrogens is 530 g/mol. The van der Waals surface area contributed by atoms with Crippen molar-refractivity contribution in [1.82, 2.24) is 4.90 Å². The molecule has 4 aromatic rings. The third-order valence-electron chi connectivity index (χ3n) is 6.70. The first-order valence-electron chi connectivity index (χ1n) is 12.5. The van der Waals surface area contributed by atoms with Crippen molar-refractivity contribution in [2.24, 2.45) is 0 Å². The second-order valence-corrected chi connectivity index (χ2v) is 10.2. The number of nitrogens with zero attached hydrogens (tertiary/aromatic N) is 2. The Labute approximate surface area is 233 Å². The van der Waals surface area contributed by atoms with E-state index in [1.165, 1.54) is 21.1 Å². The van der Waals surface area contributed by atoms with Crippen LogP contribution in [0, 0.1) is 0 Å². The van der Waals surface area contributed by atoms with Gasteiger partial charge in [-0.05, 0) is 41.3 Å². The van der Waals surface area contributed by atoms with Crippen LogP contribution >= 0.6 is 11.3 Å². The SMILES string of the molecule is O=C1C(=O)N(CC(=O)N(Cc2ccccc2)C(C(=O)Nc2ccc3c(c2)OCO3)c2cccs2)c2ccccc21. The molecule has 1 unspecified atom stereocenters. The Balaban J connectivity index is 1.34. The molecule has 3 aromatic carbocycles. The fraction of sp³-hybridized carbons (Fsp3) is 0.133. The van der Waals surface area contributed by atoms with Crippen LogP contribution in [-0.4, -0.2) is 41.7 Å². The van der Waals surface area contributed by atoms with Crippen molar-refractivity contribution in [3.05, 3.63) is 106 Å². The number of ether oxygens (including phenoxy) is 2. The van der Waals surface area contributed by atoms with Crippen molar-refractivity contribution in [3.8, 4) is 11.5 Å². The maximum Gasteiger partial charge on any atom is 0.299 e. The highest BCUT2D eigenvalue weighted by Crippen LogP contribution is 2.36. The van der Waals surface area contributed by atoms with E-state index >= 15 is 0 Å². The van der Waals surface area contributed by atoms with E-state index < -0.39 is 36.1 Å². The van der Waals surface area contributed by atoms with Gasteiger partial charge in [0.1, 0.15) is 12.6 Å². The third-order valence-corrected chi connectivity index (χ3v) is 7.63. The highest BCUT2D eigenvalue weighted by molar-refractivity contribution is 7.10. The molecule has 10 heteroatoms. The molecule has 0 saturated carbocycles. The van der Waals surface area contributed by atoms with Crippen LogP contribution in [0.1, 0.15) is 26.8 Å². The largest absolute Gasteiger partial charge is 0.454 e. The van der Waals surface area contributed by atoms with Gasteiger partial charge in [-0.2, -0.15) is 0 Å². The lowest BCUT2D eigenvalue weighted by atomic mass is 10.1. The topological polar surface area (TPSA) is 105 Å². The highest BCUT2D eigenvalue weighted by atomic mass is 32.1. The van der Waals surface area contributed by atoms with Gasteiger partial charge in [-0.15, -0.1) is 11.3 Å². The number of anilines is 2. The zero-order valence-corrected chi connectivity index (χ0v) is 21.9. The molecule has 9 nitrogen and oxygen atoms in total. The van der Waals surface area contributed by atoms with Crippen LogP contribution in [0.25, 0.3) is 0 Å². The number of benzene rings is 3. The molecule has 40 heavy (non-hydrogen) atoms. The van der Waals surface area contributed by atoms with Crippen LogP contribution in [0.5, 0.6) is 11.5 Å². The summed E-state index contributed by atoms with van der Waals surface area (Å²) in [6, 6.07) is 23.5. The number of para-hydroxylation sites is 1. The minimum atomic E-state index is -1.01. The Morgan fingerprint density at radius 3 is 2.50 bits per heavy atom. The lowest BCUT2D eigenvalue weighted by molar-refractivity contribution is -0.138. The van der Waals surface area contributed by atoms with Gasteiger partial charge in [0.05, 0.1) is 11.3 Å². The molecule has 200 valence electrons. The van der Waals surface area contributed by atoms with Gasteiger partial charge in [-0.25, -0.2) is 0 Å². The molecule has 3 heterocycles. The van der Waals surface area contributed by atoms with Crippen molar-refractivity contribution < 1.29 is 28.7 Å². The van der Waals surface area contributed by atoms with Gasteiger partial charge in [0, 0.05) is 23.2 Å². The molecule has 0 aliphatic carbocycles. The lowest BCUT2D eigenvalue weighted by Gasteiger charge is -2.32. The number of rotatable bonds is 8. The van der Waals surface area contributed by atoms with Gasteiger partial charge in [-0.1, -0.05) is 48.5 Å². The summed E-state index contributed by atoms with van der Waals surface area (Å²) in [7, 11) is 0. The molecule has 1 N–H and O–H groups in total. The van der Waals surface area contributed by atoms with Crippen molar-refractivity contribution in [2.75, 3.05) is 23.6 Å². The Bertz CT molecular complexity index is 1600. The van der Waals surface area contributed by atoms with E-state index in [2.05, 4.69) is 5.32 Å². The van der Waals surface area contributed by atoms with E-state index in [4.69, 9.17) is 9.47 Å². The smallest absolute Gasteiger partial charge is 0.299 e. The predicted molar refractivity (Wildman–Crippen MR) is 148 cm³/mol. The van der Waals surface area contributed by atoms with E-state index in [1.807, 2.05) is 41.8 Å². The van der Waals surface area contributed by atoms with E-state index in [0.29, 0.717) is 27.8 Å². The first kappa shape index (κ1) is 25.3. The quantitative estimate of drug-likeness (QED) is 0.324. The maximum atomic E-state index is 14.0. The minimum absolute atomic E-state index is 0.102. The Morgan fingerprint density at radius 1 is 0.925 bits per heavy atom. The van der Waals surface area contributed by atoms with Crippen LogP contribution in [0.15, 0.2) is 90.3 Å². The Kier molecular flexibility index (Phi) is 6.75. The van der Waals surface area contributed by atoms with Gasteiger partial charge >= 0.3 is 0 Å². The number of nitrogens with one attached hydrogen (secondary N) is 1. The number of thiophene rings is 1. The molecular formula is C30H23N3O6S. The summed E-state index contributed by atoms with van der Waals surface area (Å²) in [5.74, 6) is -1.26. The van der Waals surface area contributed by atoms with Crippen molar-refractivity contribution >= 4 is 46.2 Å². The normalized spacial score (nSPS) is 14.2. The monoisotopic (exact) mass is 553 g/mol. The standard InChI is InChI=1S/C30H23N3O6S/c34-26(17-32-22-10-5-4-9-21(22)28(35)30(32)37)33(16-19-7-2-1-3-8-19)27(25-11-6-14-40-25)29(36)31-20-12-13-23-24(15-20)39-18-38-23/h1-15,27H,16-18H2,(H,31,36). The molecule has 2 aliphatic heterocycles. The fourth-order valence-electron chi connectivity index (χ4n) is 4.79. The summed E-state index contributed by atoms with van der Waals surface area (Å²) < 4.78 is 10.8. The van der Waals surface area contributed by atoms with Crippen molar-refractivity contribution in [1.29, 1.82) is 0 Å². The number of Topliss-reactive ketones (excluding diaryl/α,β-unsaturated/α-hetero) is 1. The van der Waals surface area contributed by atoms with Gasteiger partial charge in [0.2, 0.25) is 12.7 Å². The number of fused-ring (bicyclic) bond motifs is 2. The summed E-state index contributed by atoms with van der Waals surface area (Å²) in [5, 5.41) is 4.74. The summed E-state index contributed by atoms with van der Waals surface area (Å²) in [4.78, 5) is 56.6. The molecule has 3 amide bonds. The predicted octanol–water partition coefficient (Wildman–Crippen LogP) is 4.41. The molecule has 2 aliphatic rings.